The van der Waals surface area contributed by atoms with Gasteiger partial charge in [0.25, 0.3) is 0 Å². The number of fused-ring (bicyclic) bond motifs is 6. The minimum atomic E-state index is 0.532. The molecule has 0 spiro atoms. The number of aryl methyl sites for hydroxylation is 1. The summed E-state index contributed by atoms with van der Waals surface area (Å²) in [5, 5.41) is 2.74. The highest BCUT2D eigenvalue weighted by Crippen LogP contribution is 2.48. The van der Waals surface area contributed by atoms with Gasteiger partial charge in [0.1, 0.15) is 0 Å². The molecule has 0 amide bonds. The maximum Gasteiger partial charge on any atom is 0.0495 e. The molecule has 3 aromatic carbocycles. The highest BCUT2D eigenvalue weighted by Gasteiger charge is 2.28. The van der Waals surface area contributed by atoms with Crippen LogP contribution in [0.3, 0.4) is 0 Å². The first-order valence-corrected chi connectivity index (χ1v) is 8.40. The topological polar surface area (TPSA) is 4.93 Å². The number of aromatic nitrogens is 1. The molecule has 23 heavy (non-hydrogen) atoms. The number of benzene rings is 3. The molecule has 1 aliphatic rings. The molecule has 0 radical (unpaired) electrons. The number of rotatable bonds is 1. The first kappa shape index (κ1) is 13.0. The Morgan fingerprint density at radius 3 is 2.43 bits per heavy atom. The van der Waals surface area contributed by atoms with Gasteiger partial charge in [-0.1, -0.05) is 49.4 Å². The minimum Gasteiger partial charge on any atom is -0.344 e. The highest BCUT2D eigenvalue weighted by atomic mass is 14.9. The first-order chi connectivity index (χ1) is 11.3. The van der Waals surface area contributed by atoms with Crippen LogP contribution in [0.2, 0.25) is 0 Å². The molecule has 1 nitrogen and oxygen atoms in total. The van der Waals surface area contributed by atoms with Crippen LogP contribution in [-0.2, 0) is 7.05 Å². The molecule has 0 bridgehead atoms. The summed E-state index contributed by atoms with van der Waals surface area (Å²) in [4.78, 5) is 0. The van der Waals surface area contributed by atoms with Gasteiger partial charge in [-0.15, -0.1) is 0 Å². The molecule has 1 heteroatoms. The van der Waals surface area contributed by atoms with Gasteiger partial charge in [0.15, 0.2) is 0 Å². The SMILES string of the molecule is CCC1c2ccccc2-c2cc3c(cc21)c1ccccc1n3C. The summed E-state index contributed by atoms with van der Waals surface area (Å²) in [5.41, 5.74) is 8.47. The second-order valence-electron chi connectivity index (χ2n) is 6.58. The van der Waals surface area contributed by atoms with Crippen molar-refractivity contribution in [2.75, 3.05) is 0 Å². The lowest BCUT2D eigenvalue weighted by atomic mass is 9.93. The van der Waals surface area contributed by atoms with E-state index in [4.69, 9.17) is 0 Å². The molecule has 112 valence electrons. The molecule has 5 rings (SSSR count). The molecule has 0 saturated carbocycles. The van der Waals surface area contributed by atoms with Gasteiger partial charge in [-0.25, -0.2) is 0 Å². The quantitative estimate of drug-likeness (QED) is 0.415. The van der Waals surface area contributed by atoms with Gasteiger partial charge in [0, 0.05) is 34.8 Å². The molecule has 0 saturated heterocycles. The third-order valence-electron chi connectivity index (χ3n) is 5.49. The van der Waals surface area contributed by atoms with Crippen molar-refractivity contribution in [3.63, 3.8) is 0 Å². The van der Waals surface area contributed by atoms with Crippen molar-refractivity contribution < 1.29 is 0 Å². The maximum atomic E-state index is 2.45. The lowest BCUT2D eigenvalue weighted by Crippen LogP contribution is -1.94. The van der Waals surface area contributed by atoms with Crippen LogP contribution in [0.4, 0.5) is 0 Å². The number of hydrogen-bond acceptors (Lipinski definition) is 0. The van der Waals surface area contributed by atoms with Crippen molar-refractivity contribution in [1.29, 1.82) is 0 Å². The highest BCUT2D eigenvalue weighted by molar-refractivity contribution is 6.10. The Hall–Kier alpha value is -2.54. The van der Waals surface area contributed by atoms with Gasteiger partial charge < -0.3 is 4.57 Å². The van der Waals surface area contributed by atoms with Crippen molar-refractivity contribution >= 4 is 21.8 Å². The zero-order valence-electron chi connectivity index (χ0n) is 13.5. The van der Waals surface area contributed by atoms with E-state index in [2.05, 4.69) is 79.2 Å². The van der Waals surface area contributed by atoms with E-state index in [0.29, 0.717) is 5.92 Å². The van der Waals surface area contributed by atoms with E-state index >= 15 is 0 Å². The summed E-state index contributed by atoms with van der Waals surface area (Å²) >= 11 is 0. The average Bonchev–Trinajstić information content (AvgIpc) is 3.06. The Kier molecular flexibility index (Phi) is 2.52. The van der Waals surface area contributed by atoms with Crippen LogP contribution >= 0.6 is 0 Å². The summed E-state index contributed by atoms with van der Waals surface area (Å²) in [6, 6.07) is 22.5. The van der Waals surface area contributed by atoms with Gasteiger partial charge in [-0.05, 0) is 46.9 Å². The molecule has 1 aliphatic carbocycles. The Morgan fingerprint density at radius 1 is 0.783 bits per heavy atom. The van der Waals surface area contributed by atoms with Crippen LogP contribution < -0.4 is 0 Å². The fourth-order valence-corrected chi connectivity index (χ4v) is 4.40. The van der Waals surface area contributed by atoms with Crippen LogP contribution in [0.15, 0.2) is 60.7 Å². The third kappa shape index (κ3) is 1.57. The molecule has 0 aliphatic heterocycles. The van der Waals surface area contributed by atoms with E-state index in [-0.39, 0.29) is 0 Å². The fraction of sp³-hybridized carbons (Fsp3) is 0.182. The lowest BCUT2D eigenvalue weighted by Gasteiger charge is -2.10. The van der Waals surface area contributed by atoms with E-state index in [0.717, 1.165) is 6.42 Å². The summed E-state index contributed by atoms with van der Waals surface area (Å²) in [6.45, 7) is 2.30. The number of hydrogen-bond donors (Lipinski definition) is 0. The van der Waals surface area contributed by atoms with Crippen LogP contribution in [0, 0.1) is 0 Å². The number of nitrogens with zero attached hydrogens (tertiary/aromatic N) is 1. The second kappa shape index (κ2) is 4.48. The van der Waals surface area contributed by atoms with Crippen molar-refractivity contribution in [3.8, 4) is 11.1 Å². The van der Waals surface area contributed by atoms with Gasteiger partial charge in [-0.3, -0.25) is 0 Å². The van der Waals surface area contributed by atoms with Crippen LogP contribution in [0.5, 0.6) is 0 Å². The predicted octanol–water partition coefficient (Wildman–Crippen LogP) is 5.85. The molecule has 1 heterocycles. The third-order valence-corrected chi connectivity index (χ3v) is 5.49. The van der Waals surface area contributed by atoms with Gasteiger partial charge in [0.05, 0.1) is 0 Å². The molecule has 1 unspecified atom stereocenters. The van der Waals surface area contributed by atoms with E-state index in [9.17, 15) is 0 Å². The first-order valence-electron chi connectivity index (χ1n) is 8.40. The fourth-order valence-electron chi connectivity index (χ4n) is 4.40. The molecule has 1 aromatic heterocycles. The summed E-state index contributed by atoms with van der Waals surface area (Å²) in [6.07, 6.45) is 1.15. The molecule has 4 aromatic rings. The average molecular weight is 297 g/mol. The normalized spacial score (nSPS) is 16.0. The lowest BCUT2D eigenvalue weighted by molar-refractivity contribution is 0.798. The Balaban J connectivity index is 1.93. The Labute approximate surface area is 136 Å². The second-order valence-corrected chi connectivity index (χ2v) is 6.58. The van der Waals surface area contributed by atoms with Crippen LogP contribution in [0.1, 0.15) is 30.4 Å². The summed E-state index contributed by atoms with van der Waals surface area (Å²) < 4.78 is 2.33. The molecular formula is C22H19N. The summed E-state index contributed by atoms with van der Waals surface area (Å²) in [5.74, 6) is 0.532. The van der Waals surface area contributed by atoms with E-state index < -0.39 is 0 Å². The molecule has 0 fully saturated rings. The van der Waals surface area contributed by atoms with Gasteiger partial charge >= 0.3 is 0 Å². The van der Waals surface area contributed by atoms with Crippen molar-refractivity contribution in [2.24, 2.45) is 7.05 Å². The van der Waals surface area contributed by atoms with Crippen LogP contribution in [-0.4, -0.2) is 4.57 Å². The van der Waals surface area contributed by atoms with Gasteiger partial charge in [-0.2, -0.15) is 0 Å². The van der Waals surface area contributed by atoms with Gasteiger partial charge in [0.2, 0.25) is 0 Å². The number of para-hydroxylation sites is 1. The zero-order valence-corrected chi connectivity index (χ0v) is 13.5. The Bertz CT molecular complexity index is 1070. The van der Waals surface area contributed by atoms with E-state index in [1.165, 1.54) is 44.1 Å². The standard InChI is InChI=1S/C22H19N/c1-3-14-15-8-4-5-9-16(15)19-13-22-20(12-18(14)19)17-10-6-7-11-21(17)23(22)2/h4-14H,3H2,1-2H3. The minimum absolute atomic E-state index is 0.532. The Morgan fingerprint density at radius 2 is 1.57 bits per heavy atom. The maximum absolute atomic E-state index is 2.45. The molecule has 0 N–H and O–H groups in total. The largest absolute Gasteiger partial charge is 0.344 e. The monoisotopic (exact) mass is 297 g/mol. The smallest absolute Gasteiger partial charge is 0.0495 e. The van der Waals surface area contributed by atoms with Crippen molar-refractivity contribution in [3.05, 3.63) is 71.8 Å². The van der Waals surface area contributed by atoms with E-state index in [1.54, 1.807) is 0 Å². The van der Waals surface area contributed by atoms with Crippen molar-refractivity contribution in [2.45, 2.75) is 19.3 Å². The molecule has 1 atom stereocenters. The predicted molar refractivity (Wildman–Crippen MR) is 98.0 cm³/mol. The zero-order chi connectivity index (χ0) is 15.6. The van der Waals surface area contributed by atoms with E-state index in [1.807, 2.05) is 0 Å². The van der Waals surface area contributed by atoms with Crippen LogP contribution in [0.25, 0.3) is 32.9 Å². The van der Waals surface area contributed by atoms with Crippen molar-refractivity contribution in [1.82, 2.24) is 4.57 Å². The summed E-state index contributed by atoms with van der Waals surface area (Å²) in [7, 11) is 2.18. The molecular weight excluding hydrogens is 278 g/mol.